The number of carboxylic acids is 1. The van der Waals surface area contributed by atoms with Gasteiger partial charge in [0.2, 0.25) is 11.8 Å². The molecule has 1 rings (SSSR count). The molecule has 1 aromatic carbocycles. The molecule has 1 atom stereocenters. The third-order valence-electron chi connectivity index (χ3n) is 3.63. The molecule has 0 spiro atoms. The average molecular weight is 338 g/mol. The first kappa shape index (κ1) is 19.6. The fourth-order valence-corrected chi connectivity index (χ4v) is 2.04. The Labute approximate surface area is 140 Å². The van der Waals surface area contributed by atoms with E-state index in [4.69, 9.17) is 0 Å². The van der Waals surface area contributed by atoms with Crippen LogP contribution in [0.15, 0.2) is 24.3 Å². The van der Waals surface area contributed by atoms with Gasteiger partial charge in [-0.05, 0) is 37.0 Å². The van der Waals surface area contributed by atoms with Crippen molar-refractivity contribution in [3.8, 4) is 0 Å². The summed E-state index contributed by atoms with van der Waals surface area (Å²) in [6, 6.07) is 4.84. The maximum atomic E-state index is 13.0. The topological polar surface area (TPSA) is 95.5 Å². The first-order valence-electron chi connectivity index (χ1n) is 7.72. The van der Waals surface area contributed by atoms with E-state index in [0.29, 0.717) is 18.8 Å². The molecular weight excluding hydrogens is 315 g/mol. The van der Waals surface area contributed by atoms with E-state index in [1.54, 1.807) is 0 Å². The Hall–Kier alpha value is -2.44. The molecule has 0 saturated carbocycles. The van der Waals surface area contributed by atoms with E-state index in [-0.39, 0.29) is 18.0 Å². The maximum Gasteiger partial charge on any atom is 0.333 e. The standard InChI is InChI=1S/C17H23FN2O4/c1-11(2)4-9-14(21)19-10-15(22)20-17(3,16(23)24)12-5-7-13(18)8-6-12/h5-8,11H,4,9-10H2,1-3H3,(H,19,21)(H,20,22)(H,23,24). The quantitative estimate of drug-likeness (QED) is 0.673. The Morgan fingerprint density at radius 3 is 2.25 bits per heavy atom. The van der Waals surface area contributed by atoms with Gasteiger partial charge in [0.25, 0.3) is 0 Å². The molecule has 2 amide bonds. The number of nitrogens with one attached hydrogen (secondary N) is 2. The van der Waals surface area contributed by atoms with E-state index in [0.717, 1.165) is 12.1 Å². The summed E-state index contributed by atoms with van der Waals surface area (Å²) in [6.07, 6.45) is 1.01. The summed E-state index contributed by atoms with van der Waals surface area (Å²) < 4.78 is 13.0. The highest BCUT2D eigenvalue weighted by Gasteiger charge is 2.36. The van der Waals surface area contributed by atoms with E-state index >= 15 is 0 Å². The lowest BCUT2D eigenvalue weighted by Gasteiger charge is -2.27. The Balaban J connectivity index is 2.68. The number of benzene rings is 1. The van der Waals surface area contributed by atoms with Gasteiger partial charge < -0.3 is 15.7 Å². The summed E-state index contributed by atoms with van der Waals surface area (Å²) in [5, 5.41) is 14.3. The Bertz CT molecular complexity index is 601. The molecule has 0 aliphatic carbocycles. The van der Waals surface area contributed by atoms with Crippen LogP contribution >= 0.6 is 0 Å². The second kappa shape index (κ2) is 8.42. The van der Waals surface area contributed by atoms with Gasteiger partial charge in [-0.2, -0.15) is 0 Å². The van der Waals surface area contributed by atoms with Gasteiger partial charge in [0, 0.05) is 6.42 Å². The third kappa shape index (κ3) is 5.64. The number of amides is 2. The molecule has 0 fully saturated rings. The molecule has 0 heterocycles. The van der Waals surface area contributed by atoms with Crippen molar-refractivity contribution in [2.75, 3.05) is 6.54 Å². The highest BCUT2D eigenvalue weighted by atomic mass is 19.1. The Kier molecular flexibility index (Phi) is 6.88. The van der Waals surface area contributed by atoms with Crippen molar-refractivity contribution in [1.82, 2.24) is 10.6 Å². The number of aliphatic carboxylic acids is 1. The van der Waals surface area contributed by atoms with Crippen LogP contribution in [0.1, 0.15) is 39.2 Å². The van der Waals surface area contributed by atoms with Crippen molar-refractivity contribution in [3.63, 3.8) is 0 Å². The van der Waals surface area contributed by atoms with Gasteiger partial charge in [-0.1, -0.05) is 26.0 Å². The molecule has 0 bridgehead atoms. The smallest absolute Gasteiger partial charge is 0.333 e. The van der Waals surface area contributed by atoms with E-state index in [1.165, 1.54) is 19.1 Å². The fraction of sp³-hybridized carbons (Fsp3) is 0.471. The molecule has 0 aliphatic heterocycles. The summed E-state index contributed by atoms with van der Waals surface area (Å²) in [5.74, 6) is -2.32. The second-order valence-electron chi connectivity index (χ2n) is 6.19. The summed E-state index contributed by atoms with van der Waals surface area (Å²) >= 11 is 0. The molecule has 0 saturated heterocycles. The zero-order valence-corrected chi connectivity index (χ0v) is 14.1. The van der Waals surface area contributed by atoms with Gasteiger partial charge in [0.05, 0.1) is 6.54 Å². The predicted molar refractivity (Wildman–Crippen MR) is 86.6 cm³/mol. The number of halogens is 1. The zero-order chi connectivity index (χ0) is 18.3. The molecule has 0 aromatic heterocycles. The van der Waals surface area contributed by atoms with E-state index < -0.39 is 23.2 Å². The first-order chi connectivity index (χ1) is 11.1. The number of carbonyl (C=O) groups is 3. The van der Waals surface area contributed by atoms with Gasteiger partial charge in [-0.3, -0.25) is 9.59 Å². The van der Waals surface area contributed by atoms with Crippen LogP contribution < -0.4 is 10.6 Å². The van der Waals surface area contributed by atoms with Crippen molar-refractivity contribution in [1.29, 1.82) is 0 Å². The molecule has 1 unspecified atom stereocenters. The normalized spacial score (nSPS) is 13.2. The minimum atomic E-state index is -1.71. The molecule has 0 radical (unpaired) electrons. The first-order valence-corrected chi connectivity index (χ1v) is 7.72. The van der Waals surface area contributed by atoms with Gasteiger partial charge in [-0.15, -0.1) is 0 Å². The molecule has 6 nitrogen and oxygen atoms in total. The minimum absolute atomic E-state index is 0.232. The van der Waals surface area contributed by atoms with Crippen molar-refractivity contribution >= 4 is 17.8 Å². The maximum absolute atomic E-state index is 13.0. The molecule has 24 heavy (non-hydrogen) atoms. The van der Waals surface area contributed by atoms with E-state index in [9.17, 15) is 23.9 Å². The summed E-state index contributed by atoms with van der Waals surface area (Å²) in [4.78, 5) is 35.2. The average Bonchev–Trinajstić information content (AvgIpc) is 2.51. The van der Waals surface area contributed by atoms with Crippen LogP contribution in [-0.2, 0) is 19.9 Å². The molecule has 132 valence electrons. The van der Waals surface area contributed by atoms with Gasteiger partial charge in [0.15, 0.2) is 5.54 Å². The van der Waals surface area contributed by atoms with Crippen LogP contribution in [0, 0.1) is 11.7 Å². The Morgan fingerprint density at radius 2 is 1.75 bits per heavy atom. The lowest BCUT2D eigenvalue weighted by Crippen LogP contribution is -2.52. The van der Waals surface area contributed by atoms with Gasteiger partial charge in [0.1, 0.15) is 5.82 Å². The summed E-state index contributed by atoms with van der Waals surface area (Å²) in [5.41, 5.74) is -1.48. The third-order valence-corrected chi connectivity index (χ3v) is 3.63. The zero-order valence-electron chi connectivity index (χ0n) is 14.1. The van der Waals surface area contributed by atoms with Crippen LogP contribution in [0.5, 0.6) is 0 Å². The highest BCUT2D eigenvalue weighted by molar-refractivity contribution is 5.90. The van der Waals surface area contributed by atoms with E-state index in [2.05, 4.69) is 10.6 Å². The van der Waals surface area contributed by atoms with Crippen LogP contribution in [-0.4, -0.2) is 29.4 Å². The monoisotopic (exact) mass is 338 g/mol. The molecular formula is C17H23FN2O4. The Morgan fingerprint density at radius 1 is 1.17 bits per heavy atom. The lowest BCUT2D eigenvalue weighted by molar-refractivity contribution is -0.147. The number of carboxylic acid groups (broad SMARTS) is 1. The van der Waals surface area contributed by atoms with Crippen molar-refractivity contribution < 1.29 is 23.9 Å². The van der Waals surface area contributed by atoms with Crippen molar-refractivity contribution in [3.05, 3.63) is 35.6 Å². The molecule has 0 aliphatic rings. The fourth-order valence-electron chi connectivity index (χ4n) is 2.04. The minimum Gasteiger partial charge on any atom is -0.479 e. The van der Waals surface area contributed by atoms with Crippen LogP contribution in [0.4, 0.5) is 4.39 Å². The van der Waals surface area contributed by atoms with Crippen molar-refractivity contribution in [2.24, 2.45) is 5.92 Å². The number of carbonyl (C=O) groups excluding carboxylic acids is 2. The van der Waals surface area contributed by atoms with Gasteiger partial charge >= 0.3 is 5.97 Å². The summed E-state index contributed by atoms with van der Waals surface area (Å²) in [6.45, 7) is 4.96. The largest absolute Gasteiger partial charge is 0.479 e. The van der Waals surface area contributed by atoms with Crippen LogP contribution in [0.2, 0.25) is 0 Å². The number of hydrogen-bond acceptors (Lipinski definition) is 3. The lowest BCUT2D eigenvalue weighted by atomic mass is 9.92. The van der Waals surface area contributed by atoms with E-state index in [1.807, 2.05) is 13.8 Å². The molecule has 3 N–H and O–H groups in total. The molecule has 7 heteroatoms. The number of rotatable bonds is 8. The van der Waals surface area contributed by atoms with Crippen LogP contribution in [0.25, 0.3) is 0 Å². The highest BCUT2D eigenvalue weighted by Crippen LogP contribution is 2.21. The van der Waals surface area contributed by atoms with Gasteiger partial charge in [-0.25, -0.2) is 9.18 Å². The molecule has 1 aromatic rings. The summed E-state index contributed by atoms with van der Waals surface area (Å²) in [7, 11) is 0. The van der Waals surface area contributed by atoms with Crippen molar-refractivity contribution in [2.45, 2.75) is 39.2 Å². The van der Waals surface area contributed by atoms with Crippen LogP contribution in [0.3, 0.4) is 0 Å². The number of hydrogen-bond donors (Lipinski definition) is 3. The SMILES string of the molecule is CC(C)CCC(=O)NCC(=O)NC(C)(C(=O)O)c1ccc(F)cc1. The second-order valence-corrected chi connectivity index (χ2v) is 6.19. The predicted octanol–water partition coefficient (Wildman–Crippen LogP) is 1.79.